The maximum absolute atomic E-state index is 12.2. The van der Waals surface area contributed by atoms with E-state index in [1.165, 1.54) is 12.1 Å². The van der Waals surface area contributed by atoms with Crippen LogP contribution in [0.2, 0.25) is 0 Å². The fourth-order valence-corrected chi connectivity index (χ4v) is 3.85. The largest absolute Gasteiger partial charge is 0.459 e. The van der Waals surface area contributed by atoms with Crippen LogP contribution in [0.1, 0.15) is 45.1 Å². The number of aryl methyl sites for hydroxylation is 1. The minimum atomic E-state index is -3.75. The molecule has 6 nitrogen and oxygen atoms in total. The van der Waals surface area contributed by atoms with Crippen molar-refractivity contribution in [3.8, 4) is 0 Å². The average molecular weight is 384 g/mol. The lowest BCUT2D eigenvalue weighted by Gasteiger charge is -2.29. The Kier molecular flexibility index (Phi) is 7.20. The molecule has 26 heavy (non-hydrogen) atoms. The summed E-state index contributed by atoms with van der Waals surface area (Å²) >= 11 is 0. The van der Waals surface area contributed by atoms with E-state index in [1.54, 1.807) is 12.1 Å². The number of carbonyl (C=O) groups is 1. The predicted octanol–water partition coefficient (Wildman–Crippen LogP) is 2.80. The molecule has 1 aromatic carbocycles. The number of rotatable bonds is 8. The minimum absolute atomic E-state index is 0.0475. The van der Waals surface area contributed by atoms with Gasteiger partial charge in [0.1, 0.15) is 5.60 Å². The second kappa shape index (κ2) is 8.97. The summed E-state index contributed by atoms with van der Waals surface area (Å²) in [5.74, 6) is -0.210. The van der Waals surface area contributed by atoms with Gasteiger partial charge in [0, 0.05) is 0 Å². The van der Waals surface area contributed by atoms with E-state index in [0.29, 0.717) is 12.8 Å². The number of carbonyl (C=O) groups excluding carboxylic acids is 1. The normalized spacial score (nSPS) is 16.4. The molecule has 2 rings (SSSR count). The van der Waals surface area contributed by atoms with Crippen LogP contribution in [0.5, 0.6) is 0 Å². The minimum Gasteiger partial charge on any atom is -0.459 e. The Morgan fingerprint density at radius 2 is 1.81 bits per heavy atom. The molecule has 0 bridgehead atoms. The molecule has 1 saturated heterocycles. The number of esters is 1. The summed E-state index contributed by atoms with van der Waals surface area (Å²) in [5.41, 5.74) is 0.347. The lowest BCUT2D eigenvalue weighted by molar-refractivity contribution is -0.163. The molecule has 0 amide bonds. The lowest BCUT2D eigenvalue weighted by atomic mass is 9.97. The number of benzene rings is 1. The van der Waals surface area contributed by atoms with Crippen LogP contribution in [-0.4, -0.2) is 39.7 Å². The van der Waals surface area contributed by atoms with Crippen molar-refractivity contribution in [1.82, 2.24) is 5.32 Å². The Morgan fingerprint density at radius 3 is 2.42 bits per heavy atom. The lowest BCUT2D eigenvalue weighted by Crippen LogP contribution is -2.37. The van der Waals surface area contributed by atoms with Crippen LogP contribution in [0.4, 0.5) is 0 Å². The van der Waals surface area contributed by atoms with Crippen LogP contribution < -0.4 is 5.32 Å². The fraction of sp³-hybridized carbons (Fsp3) is 0.632. The quantitative estimate of drug-likeness (QED) is 0.422. The maximum Gasteiger partial charge on any atom is 0.309 e. The molecule has 1 heterocycles. The summed E-state index contributed by atoms with van der Waals surface area (Å²) in [5, 5.41) is 3.22. The molecule has 1 aromatic rings. The van der Waals surface area contributed by atoms with Gasteiger partial charge in [0.25, 0.3) is 10.1 Å². The average Bonchev–Trinajstić information content (AvgIpc) is 2.59. The van der Waals surface area contributed by atoms with Crippen LogP contribution in [0.15, 0.2) is 29.2 Å². The molecular formula is C19H29NO5S. The monoisotopic (exact) mass is 383 g/mol. The molecule has 0 spiro atoms. The Morgan fingerprint density at radius 1 is 1.19 bits per heavy atom. The highest BCUT2D eigenvalue weighted by Gasteiger charge is 2.29. The van der Waals surface area contributed by atoms with Gasteiger partial charge < -0.3 is 10.1 Å². The third kappa shape index (κ3) is 6.37. The van der Waals surface area contributed by atoms with E-state index >= 15 is 0 Å². The van der Waals surface area contributed by atoms with Gasteiger partial charge in [0.2, 0.25) is 0 Å². The zero-order chi connectivity index (χ0) is 19.2. The number of ether oxygens (including phenoxy) is 1. The highest BCUT2D eigenvalue weighted by Crippen LogP contribution is 2.23. The van der Waals surface area contributed by atoms with E-state index < -0.39 is 15.7 Å². The summed E-state index contributed by atoms with van der Waals surface area (Å²) < 4.78 is 35.0. The Balaban J connectivity index is 1.76. The molecule has 7 heteroatoms. The van der Waals surface area contributed by atoms with Crippen molar-refractivity contribution in [2.24, 2.45) is 5.92 Å². The molecule has 0 radical (unpaired) electrons. The molecule has 1 aliphatic rings. The molecule has 1 fully saturated rings. The molecule has 0 atom stereocenters. The SMILES string of the molecule is Cc1ccc(S(=O)(=O)OCCCC(C)(C)OC(=O)C2CCNCC2)cc1. The summed E-state index contributed by atoms with van der Waals surface area (Å²) in [6.45, 7) is 7.33. The smallest absolute Gasteiger partial charge is 0.309 e. The molecule has 1 aliphatic heterocycles. The Labute approximate surface area is 156 Å². The molecule has 146 valence electrons. The number of hydrogen-bond donors (Lipinski definition) is 1. The van der Waals surface area contributed by atoms with Crippen LogP contribution in [-0.2, 0) is 23.8 Å². The number of hydrogen-bond acceptors (Lipinski definition) is 6. The molecule has 0 unspecified atom stereocenters. The van der Waals surface area contributed by atoms with Gasteiger partial charge in [-0.25, -0.2) is 0 Å². The maximum atomic E-state index is 12.2. The van der Waals surface area contributed by atoms with Crippen LogP contribution in [0.25, 0.3) is 0 Å². The Hall–Kier alpha value is -1.44. The molecule has 0 aromatic heterocycles. The number of piperidine rings is 1. The van der Waals surface area contributed by atoms with Gasteiger partial charge in [0.15, 0.2) is 0 Å². The zero-order valence-corrected chi connectivity index (χ0v) is 16.6. The van der Waals surface area contributed by atoms with E-state index in [2.05, 4.69) is 5.32 Å². The van der Waals surface area contributed by atoms with Gasteiger partial charge in [-0.05, 0) is 71.7 Å². The van der Waals surface area contributed by atoms with Crippen molar-refractivity contribution in [1.29, 1.82) is 0 Å². The second-order valence-electron chi connectivity index (χ2n) is 7.40. The molecule has 0 saturated carbocycles. The predicted molar refractivity (Wildman–Crippen MR) is 99.3 cm³/mol. The third-order valence-electron chi connectivity index (χ3n) is 4.52. The highest BCUT2D eigenvalue weighted by atomic mass is 32.2. The first-order chi connectivity index (χ1) is 12.2. The summed E-state index contributed by atoms with van der Waals surface area (Å²) in [4.78, 5) is 12.4. The van der Waals surface area contributed by atoms with E-state index in [4.69, 9.17) is 8.92 Å². The summed E-state index contributed by atoms with van der Waals surface area (Å²) in [6.07, 6.45) is 2.62. The van der Waals surface area contributed by atoms with Gasteiger partial charge >= 0.3 is 5.97 Å². The highest BCUT2D eigenvalue weighted by molar-refractivity contribution is 7.86. The van der Waals surface area contributed by atoms with E-state index in [9.17, 15) is 13.2 Å². The molecule has 0 aliphatic carbocycles. The van der Waals surface area contributed by atoms with Crippen molar-refractivity contribution in [2.45, 2.75) is 57.0 Å². The second-order valence-corrected chi connectivity index (χ2v) is 9.01. The standard InChI is InChI=1S/C19H29NO5S/c1-15-5-7-17(8-6-15)26(22,23)24-14-4-11-19(2,3)25-18(21)16-9-12-20-13-10-16/h5-8,16,20H,4,9-14H2,1-3H3. The Bertz CT molecular complexity index is 691. The van der Waals surface area contributed by atoms with Crippen LogP contribution in [0.3, 0.4) is 0 Å². The van der Waals surface area contributed by atoms with Crippen molar-refractivity contribution in [2.75, 3.05) is 19.7 Å². The molecular weight excluding hydrogens is 354 g/mol. The van der Waals surface area contributed by atoms with Gasteiger partial charge in [-0.3, -0.25) is 8.98 Å². The van der Waals surface area contributed by atoms with Crippen molar-refractivity contribution < 1.29 is 22.1 Å². The fourth-order valence-electron chi connectivity index (χ4n) is 2.90. The first-order valence-electron chi connectivity index (χ1n) is 9.09. The molecule has 1 N–H and O–H groups in total. The van der Waals surface area contributed by atoms with E-state index in [0.717, 1.165) is 31.5 Å². The van der Waals surface area contributed by atoms with Crippen LogP contribution in [0, 0.1) is 12.8 Å². The van der Waals surface area contributed by atoms with Crippen LogP contribution >= 0.6 is 0 Å². The van der Waals surface area contributed by atoms with Gasteiger partial charge in [-0.1, -0.05) is 17.7 Å². The van der Waals surface area contributed by atoms with Crippen molar-refractivity contribution >= 4 is 16.1 Å². The van der Waals surface area contributed by atoms with Crippen molar-refractivity contribution in [3.05, 3.63) is 29.8 Å². The van der Waals surface area contributed by atoms with Gasteiger partial charge in [0.05, 0.1) is 17.4 Å². The van der Waals surface area contributed by atoms with Crippen molar-refractivity contribution in [3.63, 3.8) is 0 Å². The number of nitrogens with one attached hydrogen (secondary N) is 1. The first kappa shape index (κ1) is 20.9. The summed E-state index contributed by atoms with van der Waals surface area (Å²) in [7, 11) is -3.75. The van der Waals surface area contributed by atoms with E-state index in [1.807, 2.05) is 20.8 Å². The summed E-state index contributed by atoms with van der Waals surface area (Å²) in [6, 6.07) is 6.55. The zero-order valence-electron chi connectivity index (χ0n) is 15.8. The van der Waals surface area contributed by atoms with Gasteiger partial charge in [-0.15, -0.1) is 0 Å². The van der Waals surface area contributed by atoms with E-state index in [-0.39, 0.29) is 23.4 Å². The third-order valence-corrected chi connectivity index (χ3v) is 5.85. The topological polar surface area (TPSA) is 81.7 Å². The van der Waals surface area contributed by atoms with Gasteiger partial charge in [-0.2, -0.15) is 8.42 Å². The first-order valence-corrected chi connectivity index (χ1v) is 10.5.